The van der Waals surface area contributed by atoms with Crippen molar-refractivity contribution in [1.82, 2.24) is 9.55 Å². The standard InChI is InChI=1S/C19H14ClN3O5/c20-12-2-1-3-13(7-12)23-18(25)14(17(24)22-19(23)26)9-21-8-11-4-5-15-16(6-11)28-10-27-15/h1-7,9,25H,8,10H2,(H,22,24,26). The third-order valence-electron chi connectivity index (χ3n) is 4.12. The highest BCUT2D eigenvalue weighted by molar-refractivity contribution is 6.30. The molecule has 0 fully saturated rings. The van der Waals surface area contributed by atoms with Crippen molar-refractivity contribution in [2.75, 3.05) is 6.79 Å². The van der Waals surface area contributed by atoms with Gasteiger partial charge in [0.15, 0.2) is 11.5 Å². The molecule has 0 atom stereocenters. The van der Waals surface area contributed by atoms with Crippen LogP contribution >= 0.6 is 11.6 Å². The first-order valence-corrected chi connectivity index (χ1v) is 8.63. The van der Waals surface area contributed by atoms with Gasteiger partial charge >= 0.3 is 5.69 Å². The van der Waals surface area contributed by atoms with E-state index in [1.165, 1.54) is 12.3 Å². The summed E-state index contributed by atoms with van der Waals surface area (Å²) >= 11 is 5.95. The summed E-state index contributed by atoms with van der Waals surface area (Å²) in [4.78, 5) is 30.7. The van der Waals surface area contributed by atoms with Gasteiger partial charge in [0.2, 0.25) is 12.7 Å². The first kappa shape index (κ1) is 17.9. The predicted octanol–water partition coefficient (Wildman–Crippen LogP) is 2.23. The zero-order valence-electron chi connectivity index (χ0n) is 14.4. The third-order valence-corrected chi connectivity index (χ3v) is 4.35. The number of benzene rings is 2. The topological polar surface area (TPSA) is 106 Å². The minimum atomic E-state index is -0.780. The molecule has 0 bridgehead atoms. The van der Waals surface area contributed by atoms with Gasteiger partial charge in [0.1, 0.15) is 5.56 Å². The summed E-state index contributed by atoms with van der Waals surface area (Å²) in [5.41, 5.74) is -0.510. The zero-order valence-corrected chi connectivity index (χ0v) is 15.1. The molecule has 2 N–H and O–H groups in total. The summed E-state index contributed by atoms with van der Waals surface area (Å²) in [6, 6.07) is 11.7. The fourth-order valence-electron chi connectivity index (χ4n) is 2.79. The number of hydrogen-bond acceptors (Lipinski definition) is 6. The van der Waals surface area contributed by atoms with Crippen molar-refractivity contribution in [2.45, 2.75) is 6.54 Å². The molecule has 2 heterocycles. The van der Waals surface area contributed by atoms with Gasteiger partial charge in [0.05, 0.1) is 12.2 Å². The number of ether oxygens (including phenoxy) is 2. The third kappa shape index (κ3) is 3.37. The van der Waals surface area contributed by atoms with E-state index in [0.717, 1.165) is 10.1 Å². The van der Waals surface area contributed by atoms with Crippen LogP contribution in [0.15, 0.2) is 57.0 Å². The molecule has 3 aromatic rings. The van der Waals surface area contributed by atoms with Crippen molar-refractivity contribution in [2.24, 2.45) is 4.99 Å². The van der Waals surface area contributed by atoms with E-state index in [-0.39, 0.29) is 18.9 Å². The molecule has 2 aromatic carbocycles. The van der Waals surface area contributed by atoms with E-state index in [1.807, 2.05) is 6.07 Å². The van der Waals surface area contributed by atoms with Crippen molar-refractivity contribution >= 4 is 17.8 Å². The predicted molar refractivity (Wildman–Crippen MR) is 103 cm³/mol. The van der Waals surface area contributed by atoms with Gasteiger partial charge in [-0.15, -0.1) is 0 Å². The molecule has 8 nitrogen and oxygen atoms in total. The lowest BCUT2D eigenvalue weighted by Crippen LogP contribution is -2.31. The van der Waals surface area contributed by atoms with Gasteiger partial charge in [0.25, 0.3) is 5.56 Å². The van der Waals surface area contributed by atoms with E-state index >= 15 is 0 Å². The number of aromatic amines is 1. The summed E-state index contributed by atoms with van der Waals surface area (Å²) < 4.78 is 11.5. The van der Waals surface area contributed by atoms with Crippen LogP contribution in [0.4, 0.5) is 0 Å². The molecule has 1 aliphatic rings. The van der Waals surface area contributed by atoms with E-state index in [1.54, 1.807) is 30.3 Å². The van der Waals surface area contributed by atoms with E-state index in [4.69, 9.17) is 21.1 Å². The number of nitrogens with zero attached hydrogens (tertiary/aromatic N) is 2. The molecule has 0 aliphatic carbocycles. The number of aliphatic imine (C=N–C) groups is 1. The maximum absolute atomic E-state index is 12.2. The Hall–Kier alpha value is -3.52. The minimum Gasteiger partial charge on any atom is -0.493 e. The van der Waals surface area contributed by atoms with E-state index in [2.05, 4.69) is 9.98 Å². The van der Waals surface area contributed by atoms with Crippen molar-refractivity contribution in [3.8, 4) is 23.1 Å². The van der Waals surface area contributed by atoms with E-state index < -0.39 is 17.1 Å². The van der Waals surface area contributed by atoms with E-state index in [0.29, 0.717) is 22.2 Å². The van der Waals surface area contributed by atoms with Crippen LogP contribution in [-0.4, -0.2) is 27.7 Å². The molecule has 0 radical (unpaired) electrons. The average Bonchev–Trinajstić information content (AvgIpc) is 3.12. The summed E-state index contributed by atoms with van der Waals surface area (Å²) in [5.74, 6) is 0.767. The quantitative estimate of drug-likeness (QED) is 0.654. The second-order valence-corrected chi connectivity index (χ2v) is 6.41. The van der Waals surface area contributed by atoms with Crippen LogP contribution in [0.3, 0.4) is 0 Å². The molecule has 28 heavy (non-hydrogen) atoms. The minimum absolute atomic E-state index is 0.139. The van der Waals surface area contributed by atoms with Gasteiger partial charge in [-0.05, 0) is 35.9 Å². The molecule has 0 saturated carbocycles. The maximum atomic E-state index is 12.2. The van der Waals surface area contributed by atoms with E-state index in [9.17, 15) is 14.7 Å². The SMILES string of the molecule is O=c1[nH]c(=O)n(-c2cccc(Cl)c2)c(O)c1C=NCc1ccc2c(c1)OCO2. The summed E-state index contributed by atoms with van der Waals surface area (Å²) in [6.45, 7) is 0.419. The van der Waals surface area contributed by atoms with Crippen LogP contribution in [0.2, 0.25) is 5.02 Å². The number of aromatic hydroxyl groups is 1. The normalized spacial score (nSPS) is 12.6. The number of aromatic nitrogens is 2. The van der Waals surface area contributed by atoms with Crippen LogP contribution in [0, 0.1) is 0 Å². The van der Waals surface area contributed by atoms with Crippen LogP contribution in [0.1, 0.15) is 11.1 Å². The van der Waals surface area contributed by atoms with Crippen LogP contribution in [0.5, 0.6) is 17.4 Å². The summed E-state index contributed by atoms with van der Waals surface area (Å²) in [5, 5.41) is 10.9. The number of fused-ring (bicyclic) bond motifs is 1. The molecule has 9 heteroatoms. The molecule has 0 amide bonds. The Morgan fingerprint density at radius 2 is 2.00 bits per heavy atom. The van der Waals surface area contributed by atoms with Crippen LogP contribution in [-0.2, 0) is 6.54 Å². The largest absolute Gasteiger partial charge is 0.493 e. The first-order chi connectivity index (χ1) is 13.5. The lowest BCUT2D eigenvalue weighted by molar-refractivity contribution is 0.174. The van der Waals surface area contributed by atoms with Crippen molar-refractivity contribution < 1.29 is 14.6 Å². The van der Waals surface area contributed by atoms with Gasteiger partial charge in [-0.2, -0.15) is 0 Å². The Labute approximate surface area is 163 Å². The van der Waals surface area contributed by atoms with Crippen molar-refractivity contribution in [3.05, 3.63) is 79.5 Å². The molecule has 4 rings (SSSR count). The van der Waals surface area contributed by atoms with Gasteiger partial charge in [-0.1, -0.05) is 23.7 Å². The smallest absolute Gasteiger partial charge is 0.335 e. The molecule has 1 aromatic heterocycles. The Morgan fingerprint density at radius 1 is 1.18 bits per heavy atom. The Kier molecular flexibility index (Phi) is 4.62. The van der Waals surface area contributed by atoms with Crippen molar-refractivity contribution in [3.63, 3.8) is 0 Å². The van der Waals surface area contributed by atoms with Crippen LogP contribution in [0.25, 0.3) is 5.69 Å². The second kappa shape index (κ2) is 7.24. The molecular formula is C19H14ClN3O5. The van der Waals surface area contributed by atoms with Gasteiger partial charge < -0.3 is 14.6 Å². The molecule has 0 spiro atoms. The number of rotatable bonds is 4. The van der Waals surface area contributed by atoms with Crippen LogP contribution < -0.4 is 20.7 Å². The molecule has 1 aliphatic heterocycles. The second-order valence-electron chi connectivity index (χ2n) is 5.97. The highest BCUT2D eigenvalue weighted by atomic mass is 35.5. The Balaban J connectivity index is 1.66. The molecule has 0 saturated heterocycles. The Bertz CT molecular complexity index is 1200. The monoisotopic (exact) mass is 399 g/mol. The lowest BCUT2D eigenvalue weighted by Gasteiger charge is -2.09. The Morgan fingerprint density at radius 3 is 2.82 bits per heavy atom. The number of hydrogen-bond donors (Lipinski definition) is 2. The summed E-state index contributed by atoms with van der Waals surface area (Å²) in [7, 11) is 0. The molecule has 0 unspecified atom stereocenters. The average molecular weight is 400 g/mol. The number of halogens is 1. The van der Waals surface area contributed by atoms with Gasteiger partial charge in [0, 0.05) is 11.2 Å². The number of H-pyrrole nitrogens is 1. The van der Waals surface area contributed by atoms with Gasteiger partial charge in [-0.3, -0.25) is 14.8 Å². The highest BCUT2D eigenvalue weighted by Crippen LogP contribution is 2.32. The zero-order chi connectivity index (χ0) is 19.7. The molecular weight excluding hydrogens is 386 g/mol. The molecule has 142 valence electrons. The maximum Gasteiger partial charge on any atom is 0.335 e. The fourth-order valence-corrected chi connectivity index (χ4v) is 2.98. The van der Waals surface area contributed by atoms with Gasteiger partial charge in [-0.25, -0.2) is 9.36 Å². The fraction of sp³-hybridized carbons (Fsp3) is 0.105. The number of nitrogens with one attached hydrogen (secondary N) is 1. The van der Waals surface area contributed by atoms with Crippen molar-refractivity contribution in [1.29, 1.82) is 0 Å². The highest BCUT2D eigenvalue weighted by Gasteiger charge is 2.15. The lowest BCUT2D eigenvalue weighted by atomic mass is 10.2. The first-order valence-electron chi connectivity index (χ1n) is 8.25. The summed E-state index contributed by atoms with van der Waals surface area (Å²) in [6.07, 6.45) is 1.22.